The summed E-state index contributed by atoms with van der Waals surface area (Å²) >= 11 is 4.96. The lowest BCUT2D eigenvalue weighted by Gasteiger charge is -2.26. The van der Waals surface area contributed by atoms with E-state index in [9.17, 15) is 4.79 Å². The molecule has 1 amide bonds. The average molecular weight is 289 g/mol. The minimum Gasteiger partial charge on any atom is -0.335 e. The fourth-order valence-corrected chi connectivity index (χ4v) is 3.09. The summed E-state index contributed by atoms with van der Waals surface area (Å²) in [6.07, 6.45) is 0. The summed E-state index contributed by atoms with van der Waals surface area (Å²) in [6.45, 7) is 5.43. The molecule has 82 valence electrons. The van der Waals surface area contributed by atoms with Crippen molar-refractivity contribution >= 4 is 33.2 Å². The van der Waals surface area contributed by atoms with Crippen LogP contribution in [0.1, 0.15) is 15.2 Å². The lowest BCUT2D eigenvalue weighted by atomic mass is 10.3. The first-order valence-electron chi connectivity index (χ1n) is 4.94. The normalized spacial score (nSPS) is 16.8. The molecule has 3 nitrogen and oxygen atoms in total. The Hall–Kier alpha value is -0.390. The van der Waals surface area contributed by atoms with Crippen LogP contribution < -0.4 is 5.32 Å². The van der Waals surface area contributed by atoms with Crippen LogP contribution in [-0.2, 0) is 0 Å². The Balaban J connectivity index is 2.12. The van der Waals surface area contributed by atoms with Crippen molar-refractivity contribution < 1.29 is 4.79 Å². The molecule has 0 radical (unpaired) electrons. The SMILES string of the molecule is Cc1cc(C(=O)N2CCNCC2)sc1Br. The molecule has 1 aromatic rings. The van der Waals surface area contributed by atoms with Crippen LogP contribution in [0.5, 0.6) is 0 Å². The Morgan fingerprint density at radius 2 is 2.20 bits per heavy atom. The van der Waals surface area contributed by atoms with Crippen molar-refractivity contribution in [2.24, 2.45) is 0 Å². The maximum Gasteiger partial charge on any atom is 0.264 e. The first-order chi connectivity index (χ1) is 7.18. The van der Waals surface area contributed by atoms with Crippen molar-refractivity contribution in [2.45, 2.75) is 6.92 Å². The van der Waals surface area contributed by atoms with E-state index in [0.29, 0.717) is 0 Å². The van der Waals surface area contributed by atoms with Gasteiger partial charge >= 0.3 is 0 Å². The highest BCUT2D eigenvalue weighted by molar-refractivity contribution is 9.11. The van der Waals surface area contributed by atoms with Crippen molar-refractivity contribution in [3.63, 3.8) is 0 Å². The second-order valence-corrected chi connectivity index (χ2v) is 5.98. The molecule has 1 aromatic heterocycles. The molecule has 1 fully saturated rings. The summed E-state index contributed by atoms with van der Waals surface area (Å²) in [5.41, 5.74) is 1.14. The smallest absolute Gasteiger partial charge is 0.264 e. The van der Waals surface area contributed by atoms with Gasteiger partial charge in [-0.25, -0.2) is 0 Å². The molecule has 5 heteroatoms. The van der Waals surface area contributed by atoms with Crippen molar-refractivity contribution in [3.8, 4) is 0 Å². The van der Waals surface area contributed by atoms with E-state index in [4.69, 9.17) is 0 Å². The Bertz CT molecular complexity index is 352. The summed E-state index contributed by atoms with van der Waals surface area (Å²) < 4.78 is 1.06. The van der Waals surface area contributed by atoms with Gasteiger partial charge in [-0.05, 0) is 34.5 Å². The minimum atomic E-state index is 0.162. The quantitative estimate of drug-likeness (QED) is 0.856. The number of carbonyl (C=O) groups excluding carboxylic acids is 1. The summed E-state index contributed by atoms with van der Waals surface area (Å²) in [4.78, 5) is 14.8. The van der Waals surface area contributed by atoms with Gasteiger partial charge in [0, 0.05) is 26.2 Å². The Morgan fingerprint density at radius 3 is 2.73 bits per heavy atom. The molecule has 1 aliphatic rings. The highest BCUT2D eigenvalue weighted by Crippen LogP contribution is 2.28. The maximum atomic E-state index is 12.1. The van der Waals surface area contributed by atoms with Crippen LogP contribution in [0.3, 0.4) is 0 Å². The summed E-state index contributed by atoms with van der Waals surface area (Å²) in [7, 11) is 0. The Kier molecular flexibility index (Phi) is 3.43. The number of aryl methyl sites for hydroxylation is 1. The van der Waals surface area contributed by atoms with E-state index < -0.39 is 0 Å². The Labute approximate surface area is 102 Å². The van der Waals surface area contributed by atoms with Gasteiger partial charge in [0.05, 0.1) is 8.66 Å². The van der Waals surface area contributed by atoms with Crippen LogP contribution in [0.4, 0.5) is 0 Å². The van der Waals surface area contributed by atoms with Crippen molar-refractivity contribution in [1.82, 2.24) is 10.2 Å². The summed E-state index contributed by atoms with van der Waals surface area (Å²) in [5, 5.41) is 3.24. The van der Waals surface area contributed by atoms with Gasteiger partial charge in [0.15, 0.2) is 0 Å². The molecule has 1 N–H and O–H groups in total. The number of hydrogen-bond acceptors (Lipinski definition) is 3. The van der Waals surface area contributed by atoms with Crippen LogP contribution in [0.25, 0.3) is 0 Å². The number of piperazine rings is 1. The third-order valence-electron chi connectivity index (χ3n) is 2.47. The standard InChI is InChI=1S/C10H13BrN2OS/c1-7-6-8(15-9(7)11)10(14)13-4-2-12-3-5-13/h6,12H,2-5H2,1H3. The molecule has 0 aromatic carbocycles. The van der Waals surface area contributed by atoms with Gasteiger partial charge in [0.2, 0.25) is 0 Å². The molecular formula is C10H13BrN2OS. The third kappa shape index (κ3) is 2.41. The van der Waals surface area contributed by atoms with Crippen molar-refractivity contribution in [1.29, 1.82) is 0 Å². The van der Waals surface area contributed by atoms with Gasteiger partial charge in [-0.2, -0.15) is 0 Å². The molecule has 0 atom stereocenters. The predicted octanol–water partition coefficient (Wildman–Crippen LogP) is 1.86. The molecule has 0 saturated carbocycles. The number of hydrogen-bond donors (Lipinski definition) is 1. The molecule has 2 heterocycles. The maximum absolute atomic E-state index is 12.1. The number of nitrogens with one attached hydrogen (secondary N) is 1. The number of thiophene rings is 1. The van der Waals surface area contributed by atoms with Gasteiger partial charge in [-0.15, -0.1) is 11.3 Å². The zero-order valence-corrected chi connectivity index (χ0v) is 10.9. The summed E-state index contributed by atoms with van der Waals surface area (Å²) in [6, 6.07) is 1.96. The number of carbonyl (C=O) groups is 1. The molecule has 1 saturated heterocycles. The fourth-order valence-electron chi connectivity index (χ4n) is 1.59. The highest BCUT2D eigenvalue weighted by Gasteiger charge is 2.19. The number of amides is 1. The van der Waals surface area contributed by atoms with Crippen LogP contribution in [-0.4, -0.2) is 37.0 Å². The van der Waals surface area contributed by atoms with Crippen molar-refractivity contribution in [2.75, 3.05) is 26.2 Å². The number of halogens is 1. The largest absolute Gasteiger partial charge is 0.335 e. The van der Waals surface area contributed by atoms with Gasteiger partial charge in [0.1, 0.15) is 0 Å². The van der Waals surface area contributed by atoms with Gasteiger partial charge in [-0.1, -0.05) is 0 Å². The first-order valence-corrected chi connectivity index (χ1v) is 6.55. The molecule has 0 bridgehead atoms. The van der Waals surface area contributed by atoms with E-state index in [1.807, 2.05) is 17.9 Å². The number of rotatable bonds is 1. The van der Waals surface area contributed by atoms with Gasteiger partial charge < -0.3 is 10.2 Å². The summed E-state index contributed by atoms with van der Waals surface area (Å²) in [5.74, 6) is 0.162. The second-order valence-electron chi connectivity index (χ2n) is 3.61. The molecule has 0 unspecified atom stereocenters. The van der Waals surface area contributed by atoms with E-state index in [-0.39, 0.29) is 5.91 Å². The van der Waals surface area contributed by atoms with E-state index in [0.717, 1.165) is 40.4 Å². The van der Waals surface area contributed by atoms with Crippen LogP contribution >= 0.6 is 27.3 Å². The lowest BCUT2D eigenvalue weighted by Crippen LogP contribution is -2.46. The molecule has 0 spiro atoms. The first kappa shape index (κ1) is 11.1. The zero-order chi connectivity index (χ0) is 10.8. The van der Waals surface area contributed by atoms with E-state index in [1.54, 1.807) is 0 Å². The Morgan fingerprint density at radius 1 is 1.53 bits per heavy atom. The third-order valence-corrected chi connectivity index (χ3v) is 4.60. The number of nitrogens with zero attached hydrogens (tertiary/aromatic N) is 1. The average Bonchev–Trinajstić information content (AvgIpc) is 2.59. The predicted molar refractivity (Wildman–Crippen MR) is 65.5 cm³/mol. The van der Waals surface area contributed by atoms with E-state index >= 15 is 0 Å². The lowest BCUT2D eigenvalue weighted by molar-refractivity contribution is 0.0740. The molecule has 2 rings (SSSR count). The van der Waals surface area contributed by atoms with Crippen LogP contribution in [0.15, 0.2) is 9.85 Å². The van der Waals surface area contributed by atoms with Gasteiger partial charge in [0.25, 0.3) is 5.91 Å². The minimum absolute atomic E-state index is 0.162. The van der Waals surface area contributed by atoms with Crippen LogP contribution in [0.2, 0.25) is 0 Å². The fraction of sp³-hybridized carbons (Fsp3) is 0.500. The van der Waals surface area contributed by atoms with E-state index in [2.05, 4.69) is 21.2 Å². The highest BCUT2D eigenvalue weighted by atomic mass is 79.9. The molecule has 0 aliphatic carbocycles. The monoisotopic (exact) mass is 288 g/mol. The zero-order valence-electron chi connectivity index (χ0n) is 8.55. The van der Waals surface area contributed by atoms with Gasteiger partial charge in [-0.3, -0.25) is 4.79 Å². The van der Waals surface area contributed by atoms with Crippen molar-refractivity contribution in [3.05, 3.63) is 20.3 Å². The topological polar surface area (TPSA) is 32.3 Å². The second kappa shape index (κ2) is 4.63. The molecule has 1 aliphatic heterocycles. The van der Waals surface area contributed by atoms with E-state index in [1.165, 1.54) is 11.3 Å². The van der Waals surface area contributed by atoms with Crippen LogP contribution in [0, 0.1) is 6.92 Å². The molecular weight excluding hydrogens is 276 g/mol. The molecule has 15 heavy (non-hydrogen) atoms.